The molecule has 2 aromatic heterocycles. The first kappa shape index (κ1) is 15.3. The number of aryl methyl sites for hydroxylation is 2. The first-order chi connectivity index (χ1) is 11.0. The predicted octanol–water partition coefficient (Wildman–Crippen LogP) is 2.98. The summed E-state index contributed by atoms with van der Waals surface area (Å²) in [6.45, 7) is 3.86. The standard InChI is InChI=1S/C15H15FN6S/c1-9-12(10(2)21(3)20-9)8-17-22-14(18-19-15(22)23)11-6-4-5-7-13(11)16/h4-8H,1-3H3,(H,19,23)/b17-8-. The second-order valence-corrected chi connectivity index (χ2v) is 5.48. The first-order valence-corrected chi connectivity index (χ1v) is 7.36. The average Bonchev–Trinajstić information content (AvgIpc) is 2.99. The van der Waals surface area contributed by atoms with Crippen LogP contribution in [0.4, 0.5) is 4.39 Å². The Morgan fingerprint density at radius 3 is 2.70 bits per heavy atom. The molecular weight excluding hydrogens is 315 g/mol. The fourth-order valence-electron chi connectivity index (χ4n) is 2.31. The molecule has 3 aromatic rings. The van der Waals surface area contributed by atoms with Crippen molar-refractivity contribution in [1.82, 2.24) is 24.7 Å². The Morgan fingerprint density at radius 2 is 2.04 bits per heavy atom. The lowest BCUT2D eigenvalue weighted by Crippen LogP contribution is -1.98. The van der Waals surface area contributed by atoms with Crippen LogP contribution in [0.2, 0.25) is 0 Å². The first-order valence-electron chi connectivity index (χ1n) is 6.96. The molecule has 1 aromatic carbocycles. The Bertz CT molecular complexity index is 949. The summed E-state index contributed by atoms with van der Waals surface area (Å²) in [6.07, 6.45) is 1.66. The summed E-state index contributed by atoms with van der Waals surface area (Å²) in [4.78, 5) is 0. The number of aromatic amines is 1. The Kier molecular flexibility index (Phi) is 3.91. The van der Waals surface area contributed by atoms with Gasteiger partial charge in [-0.05, 0) is 38.2 Å². The molecule has 8 heteroatoms. The summed E-state index contributed by atoms with van der Waals surface area (Å²) in [6, 6.07) is 6.36. The molecule has 0 unspecified atom stereocenters. The SMILES string of the molecule is Cc1nn(C)c(C)c1/C=N\n1c(-c2ccccc2F)n[nH]c1=S. The Labute approximate surface area is 137 Å². The van der Waals surface area contributed by atoms with Crippen LogP contribution in [0, 0.1) is 24.4 Å². The topological polar surface area (TPSA) is 63.8 Å². The van der Waals surface area contributed by atoms with E-state index in [0.717, 1.165) is 17.0 Å². The lowest BCUT2D eigenvalue weighted by atomic mass is 10.2. The van der Waals surface area contributed by atoms with Gasteiger partial charge in [0.15, 0.2) is 5.82 Å². The van der Waals surface area contributed by atoms with Gasteiger partial charge in [-0.3, -0.25) is 4.68 Å². The van der Waals surface area contributed by atoms with Gasteiger partial charge in [0.05, 0.1) is 17.5 Å². The summed E-state index contributed by atoms with van der Waals surface area (Å²) in [5.74, 6) is -0.0600. The van der Waals surface area contributed by atoms with Crippen LogP contribution in [0.3, 0.4) is 0 Å². The molecule has 0 atom stereocenters. The number of nitrogens with zero attached hydrogens (tertiary/aromatic N) is 5. The number of benzene rings is 1. The molecule has 0 fully saturated rings. The molecule has 0 radical (unpaired) electrons. The van der Waals surface area contributed by atoms with Gasteiger partial charge in [0.25, 0.3) is 0 Å². The lowest BCUT2D eigenvalue weighted by molar-refractivity contribution is 0.628. The van der Waals surface area contributed by atoms with Crippen LogP contribution in [-0.4, -0.2) is 30.9 Å². The zero-order chi connectivity index (χ0) is 16.6. The third-order valence-electron chi connectivity index (χ3n) is 3.63. The summed E-state index contributed by atoms with van der Waals surface area (Å²) >= 11 is 5.19. The van der Waals surface area contributed by atoms with Crippen molar-refractivity contribution < 1.29 is 4.39 Å². The average molecular weight is 330 g/mol. The molecule has 0 bridgehead atoms. The fourth-order valence-corrected chi connectivity index (χ4v) is 2.49. The van der Waals surface area contributed by atoms with Crippen LogP contribution in [0.15, 0.2) is 29.4 Å². The molecule has 118 valence electrons. The van der Waals surface area contributed by atoms with E-state index in [9.17, 15) is 4.39 Å². The molecule has 0 amide bonds. The van der Waals surface area contributed by atoms with Crippen molar-refractivity contribution in [3.05, 3.63) is 51.8 Å². The molecule has 1 N–H and O–H groups in total. The number of aromatic nitrogens is 5. The van der Waals surface area contributed by atoms with Crippen LogP contribution in [0.1, 0.15) is 17.0 Å². The van der Waals surface area contributed by atoms with Crippen molar-refractivity contribution >= 4 is 18.4 Å². The highest BCUT2D eigenvalue weighted by atomic mass is 32.1. The molecule has 0 aliphatic heterocycles. The van der Waals surface area contributed by atoms with E-state index in [1.165, 1.54) is 10.7 Å². The Morgan fingerprint density at radius 1 is 1.30 bits per heavy atom. The van der Waals surface area contributed by atoms with Gasteiger partial charge in [-0.15, -0.1) is 0 Å². The number of hydrogen-bond acceptors (Lipinski definition) is 4. The summed E-state index contributed by atoms with van der Waals surface area (Å²) < 4.78 is 17.5. The highest BCUT2D eigenvalue weighted by molar-refractivity contribution is 7.71. The minimum absolute atomic E-state index is 0.290. The molecule has 0 spiro atoms. The van der Waals surface area contributed by atoms with Gasteiger partial charge in [0.2, 0.25) is 4.77 Å². The van der Waals surface area contributed by atoms with Crippen molar-refractivity contribution in [2.45, 2.75) is 13.8 Å². The number of H-pyrrole nitrogens is 1. The molecule has 3 rings (SSSR count). The Balaban J connectivity index is 2.08. The summed E-state index contributed by atoms with van der Waals surface area (Å²) in [5.41, 5.74) is 3.07. The van der Waals surface area contributed by atoms with Crippen LogP contribution in [0.25, 0.3) is 11.4 Å². The monoisotopic (exact) mass is 330 g/mol. The second kappa shape index (κ2) is 5.88. The van der Waals surface area contributed by atoms with Crippen molar-refractivity contribution in [2.24, 2.45) is 12.1 Å². The number of halogens is 1. The van der Waals surface area contributed by atoms with Crippen LogP contribution < -0.4 is 0 Å². The van der Waals surface area contributed by atoms with E-state index in [1.54, 1.807) is 29.1 Å². The van der Waals surface area contributed by atoms with Crippen molar-refractivity contribution in [3.8, 4) is 11.4 Å². The van der Waals surface area contributed by atoms with Crippen LogP contribution in [-0.2, 0) is 7.05 Å². The fraction of sp³-hybridized carbons (Fsp3) is 0.200. The molecule has 0 saturated heterocycles. The van der Waals surface area contributed by atoms with E-state index in [1.807, 2.05) is 20.9 Å². The minimum atomic E-state index is -0.383. The molecule has 0 saturated carbocycles. The quantitative estimate of drug-likeness (QED) is 0.593. The molecular formula is C15H15FN6S. The Hall–Kier alpha value is -2.61. The largest absolute Gasteiger partial charge is 0.272 e. The lowest BCUT2D eigenvalue weighted by Gasteiger charge is -2.02. The van der Waals surface area contributed by atoms with Gasteiger partial charge < -0.3 is 0 Å². The van der Waals surface area contributed by atoms with Crippen LogP contribution >= 0.6 is 12.2 Å². The number of hydrogen-bond donors (Lipinski definition) is 1. The van der Waals surface area contributed by atoms with Gasteiger partial charge >= 0.3 is 0 Å². The van der Waals surface area contributed by atoms with Crippen molar-refractivity contribution in [2.75, 3.05) is 0 Å². The van der Waals surface area contributed by atoms with E-state index in [-0.39, 0.29) is 5.82 Å². The third kappa shape index (κ3) is 2.72. The van der Waals surface area contributed by atoms with E-state index < -0.39 is 0 Å². The van der Waals surface area contributed by atoms with E-state index in [4.69, 9.17) is 12.2 Å². The van der Waals surface area contributed by atoms with Gasteiger partial charge in [-0.25, -0.2) is 9.49 Å². The minimum Gasteiger partial charge on any atom is -0.272 e. The molecule has 0 aliphatic rings. The number of rotatable bonds is 3. The van der Waals surface area contributed by atoms with Gasteiger partial charge in [-0.1, -0.05) is 12.1 Å². The van der Waals surface area contributed by atoms with Crippen molar-refractivity contribution in [3.63, 3.8) is 0 Å². The maximum Gasteiger partial charge on any atom is 0.216 e. The maximum atomic E-state index is 14.0. The second-order valence-electron chi connectivity index (χ2n) is 5.10. The summed E-state index contributed by atoms with van der Waals surface area (Å²) in [5, 5.41) is 15.4. The zero-order valence-electron chi connectivity index (χ0n) is 12.9. The predicted molar refractivity (Wildman–Crippen MR) is 88.5 cm³/mol. The highest BCUT2D eigenvalue weighted by Crippen LogP contribution is 2.20. The molecule has 6 nitrogen and oxygen atoms in total. The van der Waals surface area contributed by atoms with E-state index >= 15 is 0 Å². The molecule has 2 heterocycles. The smallest absolute Gasteiger partial charge is 0.216 e. The third-order valence-corrected chi connectivity index (χ3v) is 3.90. The van der Waals surface area contributed by atoms with E-state index in [0.29, 0.717) is 16.2 Å². The number of nitrogens with one attached hydrogen (secondary N) is 1. The molecule has 23 heavy (non-hydrogen) atoms. The van der Waals surface area contributed by atoms with Gasteiger partial charge in [0, 0.05) is 18.3 Å². The highest BCUT2D eigenvalue weighted by Gasteiger charge is 2.13. The van der Waals surface area contributed by atoms with Crippen molar-refractivity contribution in [1.29, 1.82) is 0 Å². The zero-order valence-corrected chi connectivity index (χ0v) is 13.7. The van der Waals surface area contributed by atoms with Gasteiger partial charge in [0.1, 0.15) is 5.82 Å². The maximum absolute atomic E-state index is 14.0. The normalized spacial score (nSPS) is 11.5. The van der Waals surface area contributed by atoms with Crippen LogP contribution in [0.5, 0.6) is 0 Å². The summed E-state index contributed by atoms with van der Waals surface area (Å²) in [7, 11) is 1.87. The molecule has 0 aliphatic carbocycles. The van der Waals surface area contributed by atoms with E-state index in [2.05, 4.69) is 20.4 Å². The van der Waals surface area contributed by atoms with Gasteiger partial charge in [-0.2, -0.15) is 20.0 Å².